The second-order valence-corrected chi connectivity index (χ2v) is 9.16. The van der Waals surface area contributed by atoms with E-state index in [-0.39, 0.29) is 6.42 Å². The monoisotopic (exact) mass is 523 g/mol. The molecule has 0 spiro atoms. The molecule has 1 aromatic heterocycles. The summed E-state index contributed by atoms with van der Waals surface area (Å²) < 4.78 is 27.2. The van der Waals surface area contributed by atoms with Crippen LogP contribution < -0.4 is 5.32 Å². The number of aryl methyl sites for hydroxylation is 1. The Balaban J connectivity index is 1.63. The first kappa shape index (κ1) is 26.2. The van der Waals surface area contributed by atoms with E-state index in [9.17, 15) is 18.4 Å². The first-order valence-corrected chi connectivity index (χ1v) is 12.1. The lowest BCUT2D eigenvalue weighted by molar-refractivity contribution is -0.137. The lowest BCUT2D eigenvalue weighted by Crippen LogP contribution is -2.26. The number of carbonyl (C=O) groups excluding carboxylic acids is 1. The molecule has 0 unspecified atom stereocenters. The summed E-state index contributed by atoms with van der Waals surface area (Å²) in [7, 11) is 0. The van der Waals surface area contributed by atoms with E-state index in [4.69, 9.17) is 26.7 Å². The number of carboxylic acids is 1. The van der Waals surface area contributed by atoms with Crippen LogP contribution in [-0.2, 0) is 11.2 Å². The van der Waals surface area contributed by atoms with Crippen LogP contribution in [0, 0.1) is 11.6 Å². The third kappa shape index (κ3) is 6.65. The SMILES string of the molecule is C[C@@H](NC(=O)c1ccc2nc(-c3ccc(Cl)cc3)c(CCCCC(=O)O)nc2c1)c1cc(F)cc(F)c1. The standard InChI is InChI=1S/C28H24ClF2N3O3/c1-16(19-12-21(30)15-22(31)13-19)32-28(37)18-8-11-23-25(14-18)33-24(4-2-3-5-26(35)36)27(34-23)17-6-9-20(29)10-7-17/h6-16H,2-5H2,1H3,(H,32,37)(H,35,36)/t16-/m1/s1. The molecule has 0 saturated heterocycles. The summed E-state index contributed by atoms with van der Waals surface area (Å²) in [5.74, 6) is -2.71. The van der Waals surface area contributed by atoms with Gasteiger partial charge in [-0.1, -0.05) is 23.7 Å². The molecule has 0 fully saturated rings. The Labute approximate surface area is 217 Å². The normalized spacial score (nSPS) is 11.9. The molecule has 190 valence electrons. The maximum absolute atomic E-state index is 13.6. The summed E-state index contributed by atoms with van der Waals surface area (Å²) in [6.07, 6.45) is 1.67. The molecule has 2 N–H and O–H groups in total. The number of nitrogens with zero attached hydrogens (tertiary/aromatic N) is 2. The van der Waals surface area contributed by atoms with Crippen LogP contribution in [0.2, 0.25) is 5.02 Å². The number of halogens is 3. The van der Waals surface area contributed by atoms with Crippen molar-refractivity contribution in [2.24, 2.45) is 0 Å². The van der Waals surface area contributed by atoms with Gasteiger partial charge in [-0.3, -0.25) is 9.59 Å². The third-order valence-corrected chi connectivity index (χ3v) is 6.15. The number of benzene rings is 3. The predicted octanol–water partition coefficient (Wildman–Crippen LogP) is 6.52. The van der Waals surface area contributed by atoms with E-state index in [1.54, 1.807) is 37.3 Å². The van der Waals surface area contributed by atoms with E-state index in [1.807, 2.05) is 12.1 Å². The number of unbranched alkanes of at least 4 members (excludes halogenated alkanes) is 1. The van der Waals surface area contributed by atoms with Crippen LogP contribution >= 0.6 is 11.6 Å². The molecule has 0 radical (unpaired) electrons. The minimum Gasteiger partial charge on any atom is -0.481 e. The van der Waals surface area contributed by atoms with Crippen molar-refractivity contribution < 1.29 is 23.5 Å². The first-order chi connectivity index (χ1) is 17.7. The summed E-state index contributed by atoms with van der Waals surface area (Å²) in [6, 6.07) is 14.6. The smallest absolute Gasteiger partial charge is 0.303 e. The summed E-state index contributed by atoms with van der Waals surface area (Å²) in [5, 5.41) is 12.3. The maximum Gasteiger partial charge on any atom is 0.303 e. The van der Waals surface area contributed by atoms with E-state index in [0.717, 1.165) is 11.6 Å². The minimum atomic E-state index is -0.853. The van der Waals surface area contributed by atoms with Gasteiger partial charge in [0.2, 0.25) is 0 Å². The van der Waals surface area contributed by atoms with Crippen LogP contribution in [0.1, 0.15) is 53.8 Å². The van der Waals surface area contributed by atoms with Gasteiger partial charge in [0.05, 0.1) is 28.5 Å². The summed E-state index contributed by atoms with van der Waals surface area (Å²) in [6.45, 7) is 1.64. The highest BCUT2D eigenvalue weighted by atomic mass is 35.5. The number of rotatable bonds is 9. The molecule has 9 heteroatoms. The number of aromatic nitrogens is 2. The molecule has 4 rings (SSSR count). The summed E-state index contributed by atoms with van der Waals surface area (Å²) >= 11 is 6.04. The van der Waals surface area contributed by atoms with Gasteiger partial charge in [-0.05, 0) is 74.2 Å². The van der Waals surface area contributed by atoms with Crippen LogP contribution in [-0.4, -0.2) is 27.0 Å². The lowest BCUT2D eigenvalue weighted by atomic mass is 10.0. The van der Waals surface area contributed by atoms with Crippen LogP contribution in [0.4, 0.5) is 8.78 Å². The van der Waals surface area contributed by atoms with Gasteiger partial charge < -0.3 is 10.4 Å². The Hall–Kier alpha value is -3.91. The molecular weight excluding hydrogens is 500 g/mol. The van der Waals surface area contributed by atoms with Gasteiger partial charge in [0.15, 0.2) is 0 Å². The number of hydrogen-bond donors (Lipinski definition) is 2. The second kappa shape index (κ2) is 11.4. The molecule has 0 aliphatic heterocycles. The van der Waals surface area contributed by atoms with Crippen LogP contribution in [0.3, 0.4) is 0 Å². The number of amides is 1. The van der Waals surface area contributed by atoms with Crippen molar-refractivity contribution in [3.8, 4) is 11.3 Å². The number of aliphatic carboxylic acids is 1. The van der Waals surface area contributed by atoms with Gasteiger partial charge in [0.25, 0.3) is 5.91 Å². The zero-order valence-corrected chi connectivity index (χ0v) is 20.7. The summed E-state index contributed by atoms with van der Waals surface area (Å²) in [4.78, 5) is 33.4. The molecule has 0 bridgehead atoms. The van der Waals surface area contributed by atoms with Crippen LogP contribution in [0.25, 0.3) is 22.3 Å². The van der Waals surface area contributed by atoms with Crippen LogP contribution in [0.5, 0.6) is 0 Å². The average Bonchev–Trinajstić information content (AvgIpc) is 2.85. The van der Waals surface area contributed by atoms with Gasteiger partial charge in [0, 0.05) is 28.6 Å². The largest absolute Gasteiger partial charge is 0.481 e. The van der Waals surface area contributed by atoms with E-state index in [2.05, 4.69) is 5.32 Å². The lowest BCUT2D eigenvalue weighted by Gasteiger charge is -2.15. The molecule has 4 aromatic rings. The van der Waals surface area contributed by atoms with Gasteiger partial charge in [-0.2, -0.15) is 0 Å². The van der Waals surface area contributed by atoms with Crippen molar-refractivity contribution in [1.82, 2.24) is 15.3 Å². The molecule has 3 aromatic carbocycles. The molecule has 1 atom stereocenters. The molecule has 1 heterocycles. The molecule has 37 heavy (non-hydrogen) atoms. The highest BCUT2D eigenvalue weighted by Gasteiger charge is 2.16. The molecule has 0 aliphatic carbocycles. The van der Waals surface area contributed by atoms with Crippen molar-refractivity contribution in [3.63, 3.8) is 0 Å². The molecule has 6 nitrogen and oxygen atoms in total. The van der Waals surface area contributed by atoms with Crippen LogP contribution in [0.15, 0.2) is 60.7 Å². The topological polar surface area (TPSA) is 92.2 Å². The zero-order valence-electron chi connectivity index (χ0n) is 20.0. The summed E-state index contributed by atoms with van der Waals surface area (Å²) in [5.41, 5.74) is 3.88. The fraction of sp³-hybridized carbons (Fsp3) is 0.214. The second-order valence-electron chi connectivity index (χ2n) is 8.73. The highest BCUT2D eigenvalue weighted by Crippen LogP contribution is 2.27. The molecular formula is C28H24ClF2N3O3. The molecule has 0 saturated carbocycles. The molecule has 0 aliphatic rings. The number of hydrogen-bond acceptors (Lipinski definition) is 4. The van der Waals surface area contributed by atoms with E-state index in [1.165, 1.54) is 12.1 Å². The number of carbonyl (C=O) groups is 2. The Bertz CT molecular complexity index is 1440. The Morgan fingerprint density at radius 1 is 0.946 bits per heavy atom. The average molecular weight is 524 g/mol. The quantitative estimate of drug-likeness (QED) is 0.244. The maximum atomic E-state index is 13.6. The van der Waals surface area contributed by atoms with Crippen molar-refractivity contribution in [2.75, 3.05) is 0 Å². The van der Waals surface area contributed by atoms with E-state index < -0.39 is 29.6 Å². The van der Waals surface area contributed by atoms with E-state index >= 15 is 0 Å². The van der Waals surface area contributed by atoms with Gasteiger partial charge >= 0.3 is 5.97 Å². The van der Waals surface area contributed by atoms with Gasteiger partial charge in [-0.25, -0.2) is 18.7 Å². The minimum absolute atomic E-state index is 0.0645. The Morgan fingerprint density at radius 2 is 1.65 bits per heavy atom. The van der Waals surface area contributed by atoms with Gasteiger partial charge in [-0.15, -0.1) is 0 Å². The fourth-order valence-electron chi connectivity index (χ4n) is 4.00. The molecule has 1 amide bonds. The van der Waals surface area contributed by atoms with Crippen molar-refractivity contribution in [3.05, 3.63) is 94.1 Å². The number of nitrogens with one attached hydrogen (secondary N) is 1. The van der Waals surface area contributed by atoms with Crippen molar-refractivity contribution >= 4 is 34.5 Å². The fourth-order valence-corrected chi connectivity index (χ4v) is 4.13. The number of carboxylic acid groups (broad SMARTS) is 1. The zero-order chi connectivity index (χ0) is 26.5. The Kier molecular flexibility index (Phi) is 8.08. The third-order valence-electron chi connectivity index (χ3n) is 5.90. The first-order valence-electron chi connectivity index (χ1n) is 11.7. The Morgan fingerprint density at radius 3 is 2.32 bits per heavy atom. The number of fused-ring (bicyclic) bond motifs is 1. The van der Waals surface area contributed by atoms with Gasteiger partial charge in [0.1, 0.15) is 11.6 Å². The van der Waals surface area contributed by atoms with Crippen molar-refractivity contribution in [2.45, 2.75) is 38.6 Å². The highest BCUT2D eigenvalue weighted by molar-refractivity contribution is 6.30. The van der Waals surface area contributed by atoms with E-state index in [0.29, 0.717) is 57.8 Å². The van der Waals surface area contributed by atoms with Crippen molar-refractivity contribution in [1.29, 1.82) is 0 Å². The predicted molar refractivity (Wildman–Crippen MR) is 137 cm³/mol.